The van der Waals surface area contributed by atoms with E-state index in [0.717, 1.165) is 63.7 Å². The molecule has 6 heteroatoms. The van der Waals surface area contributed by atoms with Crippen molar-refractivity contribution in [1.29, 1.82) is 0 Å². The molecule has 5 aliphatic rings. The van der Waals surface area contributed by atoms with E-state index < -0.39 is 5.60 Å². The third kappa shape index (κ3) is 4.33. The summed E-state index contributed by atoms with van der Waals surface area (Å²) < 4.78 is 5.92. The molecule has 6 nitrogen and oxygen atoms in total. The third-order valence-electron chi connectivity index (χ3n) is 11.1. The van der Waals surface area contributed by atoms with E-state index in [4.69, 9.17) is 4.74 Å². The molecule has 4 aliphatic carbocycles. The monoisotopic (exact) mass is 520 g/mol. The first-order chi connectivity index (χ1) is 18.2. The van der Waals surface area contributed by atoms with Gasteiger partial charge in [-0.05, 0) is 87.2 Å². The molecule has 0 radical (unpaired) electrons. The van der Waals surface area contributed by atoms with Crippen LogP contribution in [0, 0.1) is 22.7 Å². The number of urea groups is 1. The van der Waals surface area contributed by atoms with Gasteiger partial charge in [0.1, 0.15) is 0 Å². The van der Waals surface area contributed by atoms with E-state index in [1.807, 2.05) is 35.2 Å². The minimum Gasteiger partial charge on any atom is -0.393 e. The van der Waals surface area contributed by atoms with Crippen molar-refractivity contribution in [3.05, 3.63) is 53.6 Å². The summed E-state index contributed by atoms with van der Waals surface area (Å²) in [4.78, 5) is 15.4. The second-order valence-electron chi connectivity index (χ2n) is 13.1. The van der Waals surface area contributed by atoms with Gasteiger partial charge in [-0.1, -0.05) is 55.3 Å². The molecule has 3 N–H and O–H groups in total. The molecular formula is C32H44N2O4. The first kappa shape index (κ1) is 26.1. The molecule has 0 aromatic heterocycles. The number of anilines is 1. The highest BCUT2D eigenvalue weighted by atomic mass is 16.5. The van der Waals surface area contributed by atoms with Crippen molar-refractivity contribution in [3.63, 3.8) is 0 Å². The van der Waals surface area contributed by atoms with Gasteiger partial charge in [0, 0.05) is 24.3 Å². The van der Waals surface area contributed by atoms with Crippen molar-refractivity contribution in [3.8, 4) is 0 Å². The van der Waals surface area contributed by atoms with Crippen LogP contribution in [0.15, 0.2) is 53.6 Å². The zero-order valence-electron chi connectivity index (χ0n) is 23.0. The van der Waals surface area contributed by atoms with Gasteiger partial charge >= 0.3 is 6.03 Å². The SMILES string of the molecule is C[C@]12CC[C@H](O)CC1=CC=C1[C@@H]2CC[C@@]2(C)[C@H]1CC[C@@]2(O)CN(C[C@H]1CCCO1)C(=O)Nc1ccccc1. The van der Waals surface area contributed by atoms with Crippen molar-refractivity contribution in [2.45, 2.75) is 89.4 Å². The molecule has 1 heterocycles. The molecule has 3 saturated carbocycles. The van der Waals surface area contributed by atoms with Gasteiger partial charge in [-0.25, -0.2) is 4.79 Å². The molecule has 7 atom stereocenters. The van der Waals surface area contributed by atoms with Crippen LogP contribution in [0.25, 0.3) is 0 Å². The van der Waals surface area contributed by atoms with Gasteiger partial charge in [0.2, 0.25) is 0 Å². The number of hydrogen-bond acceptors (Lipinski definition) is 4. The average Bonchev–Trinajstić information content (AvgIpc) is 3.50. The Hall–Kier alpha value is -2.15. The number of benzene rings is 1. The lowest BCUT2D eigenvalue weighted by Crippen LogP contribution is -2.58. The van der Waals surface area contributed by atoms with Gasteiger partial charge < -0.3 is 25.2 Å². The van der Waals surface area contributed by atoms with E-state index in [9.17, 15) is 15.0 Å². The fourth-order valence-electron chi connectivity index (χ4n) is 8.65. The Morgan fingerprint density at radius 3 is 2.61 bits per heavy atom. The Kier molecular flexibility index (Phi) is 6.73. The second-order valence-corrected chi connectivity index (χ2v) is 13.1. The van der Waals surface area contributed by atoms with Gasteiger partial charge in [-0.15, -0.1) is 0 Å². The highest BCUT2D eigenvalue weighted by molar-refractivity contribution is 5.89. The summed E-state index contributed by atoms with van der Waals surface area (Å²) in [5.74, 6) is 0.800. The smallest absolute Gasteiger partial charge is 0.322 e. The number of carbonyl (C=O) groups excluding carboxylic acids is 1. The molecule has 38 heavy (non-hydrogen) atoms. The fourth-order valence-corrected chi connectivity index (χ4v) is 8.65. The van der Waals surface area contributed by atoms with Gasteiger partial charge in [0.25, 0.3) is 0 Å². The molecule has 1 aromatic rings. The lowest BCUT2D eigenvalue weighted by atomic mass is 9.50. The van der Waals surface area contributed by atoms with Gasteiger partial charge in [0.15, 0.2) is 0 Å². The van der Waals surface area contributed by atoms with Crippen LogP contribution in [-0.4, -0.2) is 58.6 Å². The largest absolute Gasteiger partial charge is 0.393 e. The minimum absolute atomic E-state index is 0.0204. The first-order valence-electron chi connectivity index (χ1n) is 14.8. The number of nitrogens with zero attached hydrogens (tertiary/aromatic N) is 1. The number of para-hydroxylation sites is 1. The van der Waals surface area contributed by atoms with Crippen LogP contribution in [0.1, 0.15) is 71.6 Å². The molecular weight excluding hydrogens is 476 g/mol. The van der Waals surface area contributed by atoms with E-state index >= 15 is 0 Å². The van der Waals surface area contributed by atoms with Crippen LogP contribution < -0.4 is 5.32 Å². The number of rotatable bonds is 5. The molecule has 0 bridgehead atoms. The summed E-state index contributed by atoms with van der Waals surface area (Å²) in [6, 6.07) is 9.39. The maximum Gasteiger partial charge on any atom is 0.322 e. The number of aliphatic hydroxyl groups excluding tert-OH is 1. The molecule has 0 spiro atoms. The van der Waals surface area contributed by atoms with Crippen LogP contribution in [-0.2, 0) is 4.74 Å². The predicted molar refractivity (Wildman–Crippen MR) is 149 cm³/mol. The van der Waals surface area contributed by atoms with Crippen LogP contribution >= 0.6 is 0 Å². The molecule has 1 aromatic carbocycles. The second kappa shape index (κ2) is 9.79. The number of allylic oxidation sites excluding steroid dienone is 3. The van der Waals surface area contributed by atoms with Crippen molar-refractivity contribution >= 4 is 11.7 Å². The van der Waals surface area contributed by atoms with Crippen molar-refractivity contribution in [2.75, 3.05) is 25.0 Å². The summed E-state index contributed by atoms with van der Waals surface area (Å²) in [6.45, 7) is 6.24. The standard InChI is InChI=1S/C32H44N2O4/c1-30-15-12-24(35)19-22(30)10-11-26-27(30)13-16-31(2)28(26)14-17-32(31,37)21-34(20-25-9-6-18-38-25)29(36)33-23-7-4-3-5-8-23/h3-5,7-8,10-11,24-25,27-28,35,37H,6,9,12-21H2,1-2H3,(H,33,36)/t24-,25+,27-,28-,30-,31-,32+/m0/s1. The fraction of sp³-hybridized carbons (Fsp3) is 0.656. The Morgan fingerprint density at radius 1 is 1.05 bits per heavy atom. The first-order valence-corrected chi connectivity index (χ1v) is 14.8. The van der Waals surface area contributed by atoms with E-state index in [-0.39, 0.29) is 29.1 Å². The number of ether oxygens (including phenoxy) is 1. The van der Waals surface area contributed by atoms with Gasteiger partial charge in [-0.2, -0.15) is 0 Å². The van der Waals surface area contributed by atoms with E-state index in [1.54, 1.807) is 0 Å². The molecule has 206 valence electrons. The Balaban J connectivity index is 1.25. The molecule has 6 rings (SSSR count). The van der Waals surface area contributed by atoms with Crippen LogP contribution in [0.4, 0.5) is 10.5 Å². The number of aliphatic hydroxyl groups is 2. The summed E-state index contributed by atoms with van der Waals surface area (Å²) >= 11 is 0. The molecule has 1 aliphatic heterocycles. The van der Waals surface area contributed by atoms with Crippen LogP contribution in [0.3, 0.4) is 0 Å². The maximum absolute atomic E-state index is 13.6. The third-order valence-corrected chi connectivity index (χ3v) is 11.1. The summed E-state index contributed by atoms with van der Waals surface area (Å²) in [7, 11) is 0. The number of fused-ring (bicyclic) bond motifs is 5. The van der Waals surface area contributed by atoms with Crippen molar-refractivity contribution < 1.29 is 19.7 Å². The Labute approximate surface area is 227 Å². The summed E-state index contributed by atoms with van der Waals surface area (Å²) in [5, 5.41) is 25.7. The number of nitrogens with one attached hydrogen (secondary N) is 1. The minimum atomic E-state index is -0.955. The summed E-state index contributed by atoms with van der Waals surface area (Å²) in [6.07, 6.45) is 12.7. The normalized spacial score (nSPS) is 39.9. The topological polar surface area (TPSA) is 82.0 Å². The highest BCUT2D eigenvalue weighted by Gasteiger charge is 2.62. The van der Waals surface area contributed by atoms with Crippen molar-refractivity contribution in [1.82, 2.24) is 4.90 Å². The van der Waals surface area contributed by atoms with Gasteiger partial charge in [0.05, 0.1) is 24.4 Å². The molecule has 2 amide bonds. The lowest BCUT2D eigenvalue weighted by Gasteiger charge is -2.56. The zero-order valence-corrected chi connectivity index (χ0v) is 23.0. The van der Waals surface area contributed by atoms with Crippen LogP contribution in [0.5, 0.6) is 0 Å². The number of carbonyl (C=O) groups is 1. The molecule has 0 unspecified atom stereocenters. The number of hydrogen-bond donors (Lipinski definition) is 3. The maximum atomic E-state index is 13.6. The predicted octanol–water partition coefficient (Wildman–Crippen LogP) is 5.67. The average molecular weight is 521 g/mol. The molecule has 4 fully saturated rings. The van der Waals surface area contributed by atoms with Crippen LogP contribution in [0.2, 0.25) is 0 Å². The zero-order chi connectivity index (χ0) is 26.5. The quantitative estimate of drug-likeness (QED) is 0.467. The van der Waals surface area contributed by atoms with Gasteiger partial charge in [-0.3, -0.25) is 0 Å². The Bertz CT molecular complexity index is 1110. The Morgan fingerprint density at radius 2 is 1.84 bits per heavy atom. The number of amides is 2. The van der Waals surface area contributed by atoms with Crippen molar-refractivity contribution in [2.24, 2.45) is 22.7 Å². The molecule has 1 saturated heterocycles. The summed E-state index contributed by atoms with van der Waals surface area (Å²) in [5.41, 5.74) is 2.54. The van der Waals surface area contributed by atoms with E-state index in [1.165, 1.54) is 11.1 Å². The van der Waals surface area contributed by atoms with E-state index in [2.05, 4.69) is 31.3 Å². The lowest BCUT2D eigenvalue weighted by molar-refractivity contribution is -0.0985. The highest BCUT2D eigenvalue weighted by Crippen LogP contribution is 2.66. The van der Waals surface area contributed by atoms with E-state index in [0.29, 0.717) is 31.3 Å².